The summed E-state index contributed by atoms with van der Waals surface area (Å²) in [4.78, 5) is 4.86. The van der Waals surface area contributed by atoms with E-state index in [2.05, 4.69) is 20.6 Å². The van der Waals surface area contributed by atoms with Gasteiger partial charge in [-0.25, -0.2) is 17.8 Å². The smallest absolute Gasteiger partial charge is 0.229 e. The summed E-state index contributed by atoms with van der Waals surface area (Å²) >= 11 is 1.39. The minimum absolute atomic E-state index is 0.0959. The number of nitrogens with one attached hydrogen (secondary N) is 1. The van der Waals surface area contributed by atoms with Crippen LogP contribution in [0.3, 0.4) is 0 Å². The lowest BCUT2D eigenvalue weighted by Gasteiger charge is -2.04. The van der Waals surface area contributed by atoms with Crippen molar-refractivity contribution in [3.05, 3.63) is 41.5 Å². The summed E-state index contributed by atoms with van der Waals surface area (Å²) in [6.07, 6.45) is 0. The van der Waals surface area contributed by atoms with Crippen LogP contribution < -0.4 is 5.32 Å². The standard InChI is InChI=1S/C14H10FN5O2S2/c1-16-11-10-5-6-23-14(10)20-12(17-11)13(18-19-20)24(21,22)9-4-2-3-8(15)7-9/h2-7H,1H3,(H,16,17). The van der Waals surface area contributed by atoms with E-state index in [1.807, 2.05) is 11.4 Å². The summed E-state index contributed by atoms with van der Waals surface area (Å²) in [5.41, 5.74) is 0.0959. The Balaban J connectivity index is 2.04. The number of halogens is 1. The van der Waals surface area contributed by atoms with Gasteiger partial charge in [0, 0.05) is 7.05 Å². The van der Waals surface area contributed by atoms with Crippen molar-refractivity contribution in [3.8, 4) is 0 Å². The number of aromatic nitrogens is 4. The van der Waals surface area contributed by atoms with Crippen molar-refractivity contribution >= 4 is 42.9 Å². The highest BCUT2D eigenvalue weighted by atomic mass is 32.2. The average Bonchev–Trinajstić information content (AvgIpc) is 3.20. The third-order valence-corrected chi connectivity index (χ3v) is 6.06. The molecule has 24 heavy (non-hydrogen) atoms. The number of nitrogens with zero attached hydrogens (tertiary/aromatic N) is 4. The number of thiophene rings is 1. The Morgan fingerprint density at radius 2 is 2.12 bits per heavy atom. The van der Waals surface area contributed by atoms with Crippen LogP contribution in [0.4, 0.5) is 10.2 Å². The molecule has 3 aromatic heterocycles. The zero-order valence-electron chi connectivity index (χ0n) is 12.3. The lowest BCUT2D eigenvalue weighted by Crippen LogP contribution is -2.05. The quantitative estimate of drug-likeness (QED) is 0.601. The monoisotopic (exact) mass is 363 g/mol. The van der Waals surface area contributed by atoms with E-state index in [4.69, 9.17) is 0 Å². The number of fused-ring (bicyclic) bond motifs is 3. The van der Waals surface area contributed by atoms with Crippen LogP contribution >= 0.6 is 11.3 Å². The van der Waals surface area contributed by atoms with Crippen LogP contribution in [-0.4, -0.2) is 35.3 Å². The van der Waals surface area contributed by atoms with Crippen LogP contribution in [0.25, 0.3) is 15.9 Å². The van der Waals surface area contributed by atoms with Crippen LogP contribution in [0.15, 0.2) is 45.6 Å². The minimum atomic E-state index is -4.04. The predicted molar refractivity (Wildman–Crippen MR) is 87.6 cm³/mol. The predicted octanol–water partition coefficient (Wildman–Crippen LogP) is 2.35. The van der Waals surface area contributed by atoms with Crippen LogP contribution in [0.1, 0.15) is 0 Å². The van der Waals surface area contributed by atoms with Gasteiger partial charge in [-0.05, 0) is 29.6 Å². The summed E-state index contributed by atoms with van der Waals surface area (Å²) in [5.74, 6) is -0.117. The molecule has 0 atom stereocenters. The Hall–Kier alpha value is -2.59. The lowest BCUT2D eigenvalue weighted by atomic mass is 10.4. The van der Waals surface area contributed by atoms with Crippen LogP contribution in [0, 0.1) is 5.82 Å². The Labute approximate surface area is 139 Å². The van der Waals surface area contributed by atoms with Crippen molar-refractivity contribution in [3.63, 3.8) is 0 Å². The highest BCUT2D eigenvalue weighted by molar-refractivity contribution is 7.91. The molecule has 7 nitrogen and oxygen atoms in total. The number of hydrogen-bond donors (Lipinski definition) is 1. The fraction of sp³-hybridized carbons (Fsp3) is 0.0714. The summed E-state index contributed by atoms with van der Waals surface area (Å²) in [5, 5.41) is 13.0. The number of benzene rings is 1. The Kier molecular flexibility index (Phi) is 3.25. The van der Waals surface area contributed by atoms with Crippen LogP contribution in [-0.2, 0) is 9.84 Å². The lowest BCUT2D eigenvalue weighted by molar-refractivity contribution is 0.587. The van der Waals surface area contributed by atoms with Gasteiger partial charge in [-0.3, -0.25) is 0 Å². The molecule has 0 radical (unpaired) electrons. The van der Waals surface area contributed by atoms with Crippen LogP contribution in [0.2, 0.25) is 0 Å². The molecule has 0 aliphatic heterocycles. The summed E-state index contributed by atoms with van der Waals surface area (Å²) in [7, 11) is -2.35. The molecule has 4 aromatic rings. The van der Waals surface area contributed by atoms with E-state index in [1.165, 1.54) is 34.1 Å². The van der Waals surface area contributed by atoms with Crippen molar-refractivity contribution in [2.24, 2.45) is 0 Å². The topological polar surface area (TPSA) is 89.2 Å². The molecule has 1 N–H and O–H groups in total. The van der Waals surface area contributed by atoms with E-state index in [0.717, 1.165) is 16.3 Å². The molecular weight excluding hydrogens is 353 g/mol. The van der Waals surface area contributed by atoms with Crippen molar-refractivity contribution in [1.82, 2.24) is 19.8 Å². The molecule has 0 fully saturated rings. The molecule has 3 heterocycles. The van der Waals surface area contributed by atoms with Crippen molar-refractivity contribution < 1.29 is 12.8 Å². The third kappa shape index (κ3) is 2.07. The zero-order valence-corrected chi connectivity index (χ0v) is 13.9. The molecule has 10 heteroatoms. The normalized spacial score (nSPS) is 12.1. The first-order valence-electron chi connectivity index (χ1n) is 6.83. The number of sulfone groups is 1. The van der Waals surface area contributed by atoms with Gasteiger partial charge in [-0.2, -0.15) is 4.52 Å². The summed E-state index contributed by atoms with van der Waals surface area (Å²) in [6, 6.07) is 6.63. The van der Waals surface area contributed by atoms with Gasteiger partial charge in [0.2, 0.25) is 14.9 Å². The minimum Gasteiger partial charge on any atom is -0.372 e. The fourth-order valence-corrected chi connectivity index (χ4v) is 4.53. The van der Waals surface area contributed by atoms with Gasteiger partial charge in [0.05, 0.1) is 10.3 Å². The number of anilines is 1. The Morgan fingerprint density at radius 1 is 1.29 bits per heavy atom. The Bertz CT molecular complexity index is 1180. The first-order chi connectivity index (χ1) is 11.5. The van der Waals surface area contributed by atoms with Gasteiger partial charge in [0.1, 0.15) is 16.5 Å². The van der Waals surface area contributed by atoms with Gasteiger partial charge in [0.25, 0.3) is 0 Å². The van der Waals surface area contributed by atoms with E-state index in [9.17, 15) is 12.8 Å². The largest absolute Gasteiger partial charge is 0.372 e. The molecule has 0 spiro atoms. The van der Waals surface area contributed by atoms with Gasteiger partial charge < -0.3 is 5.32 Å². The van der Waals surface area contributed by atoms with E-state index in [1.54, 1.807) is 7.05 Å². The molecule has 0 aliphatic carbocycles. The highest BCUT2D eigenvalue weighted by Crippen LogP contribution is 2.30. The second-order valence-corrected chi connectivity index (χ2v) is 7.70. The van der Waals surface area contributed by atoms with Crippen molar-refractivity contribution in [2.45, 2.75) is 9.92 Å². The molecule has 0 amide bonds. The molecule has 4 rings (SSSR count). The second kappa shape index (κ2) is 5.21. The van der Waals surface area contributed by atoms with Gasteiger partial charge >= 0.3 is 0 Å². The maximum atomic E-state index is 13.4. The van der Waals surface area contributed by atoms with E-state index in [-0.39, 0.29) is 15.6 Å². The Morgan fingerprint density at radius 3 is 2.88 bits per heavy atom. The molecule has 0 unspecified atom stereocenters. The summed E-state index contributed by atoms with van der Waals surface area (Å²) < 4.78 is 40.4. The molecule has 1 aromatic carbocycles. The number of rotatable bonds is 3. The van der Waals surface area contributed by atoms with Gasteiger partial charge in [0.15, 0.2) is 5.65 Å². The highest BCUT2D eigenvalue weighted by Gasteiger charge is 2.27. The van der Waals surface area contributed by atoms with Gasteiger partial charge in [-0.1, -0.05) is 11.3 Å². The molecule has 0 saturated carbocycles. The maximum Gasteiger partial charge on any atom is 0.229 e. The average molecular weight is 363 g/mol. The van der Waals surface area contributed by atoms with Crippen molar-refractivity contribution in [1.29, 1.82) is 0 Å². The van der Waals surface area contributed by atoms with Crippen molar-refractivity contribution in [2.75, 3.05) is 12.4 Å². The maximum absolute atomic E-state index is 13.4. The van der Waals surface area contributed by atoms with E-state index >= 15 is 0 Å². The SMILES string of the molecule is CNc1nc2c(S(=O)(=O)c3cccc(F)c3)nnn2c2sccc12. The molecular formula is C14H10FN5O2S2. The fourth-order valence-electron chi connectivity index (χ4n) is 2.42. The van der Waals surface area contributed by atoms with E-state index in [0.29, 0.717) is 5.82 Å². The molecule has 0 bridgehead atoms. The number of hydrogen-bond acceptors (Lipinski definition) is 7. The zero-order chi connectivity index (χ0) is 16.9. The van der Waals surface area contributed by atoms with Gasteiger partial charge in [-0.15, -0.1) is 16.4 Å². The molecule has 0 aliphatic rings. The van der Waals surface area contributed by atoms with E-state index < -0.39 is 15.7 Å². The molecule has 122 valence electrons. The second-order valence-electron chi connectivity index (χ2n) is 4.94. The first kappa shape index (κ1) is 15.0. The molecule has 0 saturated heterocycles. The third-order valence-electron chi connectivity index (χ3n) is 3.52. The summed E-state index contributed by atoms with van der Waals surface area (Å²) in [6.45, 7) is 0. The van der Waals surface area contributed by atoms with Crippen LogP contribution in [0.5, 0.6) is 0 Å². The first-order valence-corrected chi connectivity index (χ1v) is 9.19.